The van der Waals surface area contributed by atoms with Gasteiger partial charge in [0, 0.05) is 0 Å². The van der Waals surface area contributed by atoms with E-state index in [1.54, 1.807) is 5.57 Å². The van der Waals surface area contributed by atoms with Gasteiger partial charge in [0.1, 0.15) is 0 Å². The molecule has 162 valence electrons. The van der Waals surface area contributed by atoms with Gasteiger partial charge in [-0.2, -0.15) is 0 Å². The number of hydrogen-bond acceptors (Lipinski definition) is 1. The Hall–Kier alpha value is -0.820. The molecule has 0 radical (unpaired) electrons. The van der Waals surface area contributed by atoms with Crippen molar-refractivity contribution in [2.45, 2.75) is 92.6 Å². The van der Waals surface area contributed by atoms with Gasteiger partial charge >= 0.3 is 0 Å². The quantitative estimate of drug-likeness (QED) is 0.493. The highest BCUT2D eigenvalue weighted by atomic mass is 16.3. The lowest BCUT2D eigenvalue weighted by Gasteiger charge is -2.55. The molecule has 4 aliphatic rings. The average molecular weight is 397 g/mol. The lowest BCUT2D eigenvalue weighted by Crippen LogP contribution is -2.46. The van der Waals surface area contributed by atoms with Crippen LogP contribution in [0, 0.1) is 46.3 Å². The van der Waals surface area contributed by atoms with Crippen molar-refractivity contribution in [2.75, 3.05) is 0 Å². The van der Waals surface area contributed by atoms with E-state index in [0.717, 1.165) is 36.5 Å². The summed E-state index contributed by atoms with van der Waals surface area (Å²) < 4.78 is 0. The number of rotatable bonds is 4. The van der Waals surface area contributed by atoms with E-state index in [1.807, 2.05) is 0 Å². The van der Waals surface area contributed by atoms with Crippen molar-refractivity contribution in [3.8, 4) is 0 Å². The molecule has 3 saturated carbocycles. The summed E-state index contributed by atoms with van der Waals surface area (Å²) in [5.41, 5.74) is 4.07. The van der Waals surface area contributed by atoms with E-state index in [-0.39, 0.29) is 6.10 Å². The van der Waals surface area contributed by atoms with Crippen molar-refractivity contribution in [1.82, 2.24) is 0 Å². The molecule has 0 saturated heterocycles. The molecular formula is C28H44O. The van der Waals surface area contributed by atoms with Crippen molar-refractivity contribution in [2.24, 2.45) is 46.3 Å². The van der Waals surface area contributed by atoms with Gasteiger partial charge in [-0.25, -0.2) is 0 Å². The molecule has 0 aromatic carbocycles. The normalized spacial score (nSPS) is 44.0. The van der Waals surface area contributed by atoms with E-state index in [2.05, 4.69) is 65.8 Å². The summed E-state index contributed by atoms with van der Waals surface area (Å²) in [5, 5.41) is 10.2. The van der Waals surface area contributed by atoms with Crippen LogP contribution in [-0.4, -0.2) is 11.2 Å². The average Bonchev–Trinajstić information content (AvgIpc) is 3.03. The van der Waals surface area contributed by atoms with Crippen LogP contribution in [0.15, 0.2) is 35.5 Å². The van der Waals surface area contributed by atoms with Crippen molar-refractivity contribution in [1.29, 1.82) is 0 Å². The van der Waals surface area contributed by atoms with Crippen LogP contribution >= 0.6 is 0 Å². The summed E-state index contributed by atoms with van der Waals surface area (Å²) in [7, 11) is 0. The fraction of sp³-hybridized carbons (Fsp3) is 0.786. The number of allylic oxidation sites excluding steroid dienone is 5. The number of hydrogen-bond donors (Lipinski definition) is 1. The summed E-state index contributed by atoms with van der Waals surface area (Å²) in [6.45, 7) is 14.6. The molecule has 29 heavy (non-hydrogen) atoms. The SMILES string of the molecule is CC(C)[C@H](C)C=C[C@@H](C)[C@H]1CC[C@H]2C3=CC=C4CC(O)CC[C@]4(C)[C@H]3CC[C@]12C. The molecule has 0 aliphatic heterocycles. The Morgan fingerprint density at radius 3 is 2.41 bits per heavy atom. The summed E-state index contributed by atoms with van der Waals surface area (Å²) in [6.07, 6.45) is 18.4. The molecule has 8 atom stereocenters. The van der Waals surface area contributed by atoms with Crippen LogP contribution in [0.3, 0.4) is 0 Å². The molecule has 0 aromatic rings. The smallest absolute Gasteiger partial charge is 0.0578 e. The second-order valence-corrected chi connectivity index (χ2v) is 11.9. The van der Waals surface area contributed by atoms with E-state index < -0.39 is 0 Å². The summed E-state index contributed by atoms with van der Waals surface area (Å²) in [5.74, 6) is 4.38. The van der Waals surface area contributed by atoms with Crippen LogP contribution in [0.1, 0.15) is 86.5 Å². The predicted molar refractivity (Wildman–Crippen MR) is 123 cm³/mol. The fourth-order valence-corrected chi connectivity index (χ4v) is 7.59. The van der Waals surface area contributed by atoms with E-state index >= 15 is 0 Å². The molecule has 4 rings (SSSR count). The molecule has 0 amide bonds. The van der Waals surface area contributed by atoms with Gasteiger partial charge in [0.2, 0.25) is 0 Å². The third-order valence-electron chi connectivity index (χ3n) is 10.0. The zero-order chi connectivity index (χ0) is 21.0. The van der Waals surface area contributed by atoms with Gasteiger partial charge in [0.05, 0.1) is 6.10 Å². The Balaban J connectivity index is 1.57. The van der Waals surface area contributed by atoms with Gasteiger partial charge in [-0.1, -0.05) is 77.0 Å². The van der Waals surface area contributed by atoms with Gasteiger partial charge in [-0.3, -0.25) is 0 Å². The summed E-state index contributed by atoms with van der Waals surface area (Å²) in [6, 6.07) is 0. The monoisotopic (exact) mass is 396 g/mol. The van der Waals surface area contributed by atoms with E-state index in [0.29, 0.717) is 22.7 Å². The number of aliphatic hydroxyl groups excluding tert-OH is 1. The molecule has 0 bridgehead atoms. The molecule has 1 N–H and O–H groups in total. The van der Waals surface area contributed by atoms with E-state index in [4.69, 9.17) is 0 Å². The van der Waals surface area contributed by atoms with Crippen molar-refractivity contribution in [3.63, 3.8) is 0 Å². The van der Waals surface area contributed by atoms with Crippen LogP contribution in [-0.2, 0) is 0 Å². The van der Waals surface area contributed by atoms with Crippen LogP contribution in [0.5, 0.6) is 0 Å². The van der Waals surface area contributed by atoms with Gasteiger partial charge in [0.15, 0.2) is 0 Å². The first kappa shape index (κ1) is 21.4. The standard InChI is InChI=1S/C28H44O/c1-18(2)19(3)7-8-20(4)24-11-12-25-23-10-9-21-17-22(29)13-15-27(21,5)26(23)14-16-28(24,25)6/h7-10,18-20,22,24-26,29H,11-17H2,1-6H3/t19-,20-,22?,24-,25+,26+,27+,28-/m1/s1. The maximum Gasteiger partial charge on any atom is 0.0578 e. The molecule has 0 aromatic heterocycles. The van der Waals surface area contributed by atoms with Crippen molar-refractivity contribution >= 4 is 0 Å². The molecule has 4 aliphatic carbocycles. The van der Waals surface area contributed by atoms with Crippen molar-refractivity contribution < 1.29 is 5.11 Å². The zero-order valence-corrected chi connectivity index (χ0v) is 19.7. The highest BCUT2D eigenvalue weighted by Gasteiger charge is 2.56. The molecule has 3 fully saturated rings. The van der Waals surface area contributed by atoms with Gasteiger partial charge in [-0.15, -0.1) is 0 Å². The summed E-state index contributed by atoms with van der Waals surface area (Å²) in [4.78, 5) is 0. The minimum absolute atomic E-state index is 0.116. The minimum Gasteiger partial charge on any atom is -0.393 e. The Morgan fingerprint density at radius 2 is 1.69 bits per heavy atom. The predicted octanol–water partition coefficient (Wildman–Crippen LogP) is 7.33. The van der Waals surface area contributed by atoms with E-state index in [1.165, 1.54) is 37.7 Å². The van der Waals surface area contributed by atoms with Crippen LogP contribution in [0.2, 0.25) is 0 Å². The van der Waals surface area contributed by atoms with E-state index in [9.17, 15) is 5.11 Å². The molecule has 0 heterocycles. The lowest BCUT2D eigenvalue weighted by molar-refractivity contribution is 0.0382. The van der Waals surface area contributed by atoms with Crippen LogP contribution < -0.4 is 0 Å². The summed E-state index contributed by atoms with van der Waals surface area (Å²) >= 11 is 0. The maximum absolute atomic E-state index is 10.2. The first-order valence-corrected chi connectivity index (χ1v) is 12.4. The topological polar surface area (TPSA) is 20.2 Å². The van der Waals surface area contributed by atoms with Gasteiger partial charge in [-0.05, 0) is 91.3 Å². The highest BCUT2D eigenvalue weighted by Crippen LogP contribution is 2.65. The minimum atomic E-state index is -0.116. The lowest BCUT2D eigenvalue weighted by atomic mass is 9.50. The Bertz CT molecular complexity index is 712. The number of fused-ring (bicyclic) bond motifs is 5. The van der Waals surface area contributed by atoms with Crippen LogP contribution in [0.4, 0.5) is 0 Å². The second-order valence-electron chi connectivity index (χ2n) is 11.9. The molecule has 0 spiro atoms. The van der Waals surface area contributed by atoms with Crippen molar-refractivity contribution in [3.05, 3.63) is 35.5 Å². The van der Waals surface area contributed by atoms with Crippen LogP contribution in [0.25, 0.3) is 0 Å². The Morgan fingerprint density at radius 1 is 0.931 bits per heavy atom. The first-order valence-electron chi connectivity index (χ1n) is 12.4. The molecule has 1 nitrogen and oxygen atoms in total. The molecule has 1 unspecified atom stereocenters. The second kappa shape index (κ2) is 7.70. The first-order chi connectivity index (χ1) is 13.7. The zero-order valence-electron chi connectivity index (χ0n) is 19.7. The van der Waals surface area contributed by atoms with Gasteiger partial charge < -0.3 is 5.11 Å². The van der Waals surface area contributed by atoms with Gasteiger partial charge in [0.25, 0.3) is 0 Å². The Labute approximate surface area is 179 Å². The third kappa shape index (κ3) is 3.50. The Kier molecular flexibility index (Phi) is 5.69. The largest absolute Gasteiger partial charge is 0.393 e. The molecular weight excluding hydrogens is 352 g/mol. The number of aliphatic hydroxyl groups is 1. The fourth-order valence-electron chi connectivity index (χ4n) is 7.59. The highest BCUT2D eigenvalue weighted by molar-refractivity contribution is 5.39. The third-order valence-corrected chi connectivity index (χ3v) is 10.0. The molecule has 1 heteroatoms. The maximum atomic E-state index is 10.2.